The van der Waals surface area contributed by atoms with Crippen molar-refractivity contribution in [2.24, 2.45) is 0 Å². The van der Waals surface area contributed by atoms with Crippen LogP contribution in [0.2, 0.25) is 0 Å². The van der Waals surface area contributed by atoms with Gasteiger partial charge in [0, 0.05) is 12.1 Å². The van der Waals surface area contributed by atoms with E-state index in [0.29, 0.717) is 6.54 Å². The van der Waals surface area contributed by atoms with Crippen molar-refractivity contribution in [3.05, 3.63) is 11.6 Å². The van der Waals surface area contributed by atoms with Gasteiger partial charge in [-0.2, -0.15) is 0 Å². The van der Waals surface area contributed by atoms with Crippen LogP contribution >= 0.6 is 0 Å². The van der Waals surface area contributed by atoms with Gasteiger partial charge in [0.2, 0.25) is 0 Å². The third-order valence-corrected chi connectivity index (χ3v) is 4.61. The number of carbonyl (C=O) groups is 1. The Hall–Kier alpha value is -0.480. The monoisotopic (exact) mass is 243 g/mol. The Morgan fingerprint density at radius 3 is 2.50 bits per heavy atom. The molecule has 0 radical (unpaired) electrons. The van der Waals surface area contributed by atoms with Crippen LogP contribution in [0.25, 0.3) is 0 Å². The first-order valence-corrected chi connectivity index (χ1v) is 6.79. The van der Waals surface area contributed by atoms with Gasteiger partial charge in [-0.25, -0.2) is 8.51 Å². The summed E-state index contributed by atoms with van der Waals surface area (Å²) in [6.45, 7) is 10.1. The minimum atomic E-state index is -1.05. The van der Waals surface area contributed by atoms with E-state index in [1.165, 1.54) is 0 Å². The largest absolute Gasteiger partial charge is 0.295 e. The molecule has 0 spiro atoms. The average Bonchev–Trinajstić information content (AvgIpc) is 2.57. The molecule has 16 heavy (non-hydrogen) atoms. The molecule has 0 aromatic carbocycles. The third kappa shape index (κ3) is 2.61. The molecule has 0 unspecified atom stereocenters. The van der Waals surface area contributed by atoms with Crippen LogP contribution in [0.15, 0.2) is 11.6 Å². The Labute approximate surface area is 100 Å². The van der Waals surface area contributed by atoms with Gasteiger partial charge in [-0.05, 0) is 34.1 Å². The number of nitrogens with zero attached hydrogens (tertiary/aromatic N) is 1. The van der Waals surface area contributed by atoms with Gasteiger partial charge in [0.1, 0.15) is 11.0 Å². The van der Waals surface area contributed by atoms with Gasteiger partial charge in [-0.3, -0.25) is 4.79 Å². The SMILES string of the molecule is CC[C@@H]1C(C(C)=O)=CCN1[S@](=O)C(C)(C)C. The Morgan fingerprint density at radius 1 is 1.56 bits per heavy atom. The molecule has 4 heteroatoms. The highest BCUT2D eigenvalue weighted by Gasteiger charge is 2.36. The first-order valence-electron chi connectivity index (χ1n) is 5.68. The van der Waals surface area contributed by atoms with Gasteiger partial charge in [0.05, 0.1) is 10.8 Å². The van der Waals surface area contributed by atoms with E-state index in [1.807, 2.05) is 38.1 Å². The fraction of sp³-hybridized carbons (Fsp3) is 0.750. The first-order chi connectivity index (χ1) is 7.29. The molecule has 0 saturated heterocycles. The molecule has 1 heterocycles. The quantitative estimate of drug-likeness (QED) is 0.761. The predicted molar refractivity (Wildman–Crippen MR) is 67.4 cm³/mol. The summed E-state index contributed by atoms with van der Waals surface area (Å²) in [5, 5.41) is 0. The molecule has 0 N–H and O–H groups in total. The minimum absolute atomic E-state index is 0.0255. The molecule has 1 aliphatic rings. The zero-order chi connectivity index (χ0) is 12.5. The highest BCUT2D eigenvalue weighted by Crippen LogP contribution is 2.28. The molecule has 0 aliphatic carbocycles. The van der Waals surface area contributed by atoms with E-state index >= 15 is 0 Å². The highest BCUT2D eigenvalue weighted by molar-refractivity contribution is 7.84. The lowest BCUT2D eigenvalue weighted by Crippen LogP contribution is -2.42. The predicted octanol–water partition coefficient (Wildman–Crippen LogP) is 2.06. The molecule has 0 aromatic rings. The number of ketones is 1. The van der Waals surface area contributed by atoms with E-state index in [1.54, 1.807) is 6.92 Å². The van der Waals surface area contributed by atoms with Gasteiger partial charge in [0.15, 0.2) is 5.78 Å². The van der Waals surface area contributed by atoms with Crippen LogP contribution in [0, 0.1) is 0 Å². The Morgan fingerprint density at radius 2 is 2.12 bits per heavy atom. The molecule has 3 nitrogen and oxygen atoms in total. The van der Waals surface area contributed by atoms with Gasteiger partial charge in [-0.15, -0.1) is 0 Å². The molecule has 0 bridgehead atoms. The normalized spacial score (nSPS) is 24.3. The average molecular weight is 243 g/mol. The van der Waals surface area contributed by atoms with Crippen molar-refractivity contribution in [2.45, 2.75) is 51.8 Å². The second-order valence-corrected chi connectivity index (χ2v) is 7.29. The minimum Gasteiger partial charge on any atom is -0.295 e. The maximum absolute atomic E-state index is 12.3. The molecule has 1 rings (SSSR count). The fourth-order valence-corrected chi connectivity index (χ4v) is 3.35. The van der Waals surface area contributed by atoms with Crippen LogP contribution < -0.4 is 0 Å². The smallest absolute Gasteiger partial charge is 0.157 e. The summed E-state index contributed by atoms with van der Waals surface area (Å²) >= 11 is 0. The molecule has 0 aromatic heterocycles. The van der Waals surface area contributed by atoms with Crippen molar-refractivity contribution < 1.29 is 9.00 Å². The topological polar surface area (TPSA) is 37.4 Å². The van der Waals surface area contributed by atoms with Gasteiger partial charge in [-0.1, -0.05) is 13.0 Å². The summed E-state index contributed by atoms with van der Waals surface area (Å²) in [5.41, 5.74) is 0.820. The molecule has 92 valence electrons. The number of hydrogen-bond donors (Lipinski definition) is 0. The van der Waals surface area contributed by atoms with Crippen LogP contribution in [0.5, 0.6) is 0 Å². The second-order valence-electron chi connectivity index (χ2n) is 5.10. The van der Waals surface area contributed by atoms with Crippen LogP contribution in [0.4, 0.5) is 0 Å². The molecule has 0 amide bonds. The van der Waals surface area contributed by atoms with Crippen LogP contribution in [-0.2, 0) is 15.8 Å². The number of carbonyl (C=O) groups excluding carboxylic acids is 1. The van der Waals surface area contributed by atoms with Crippen molar-refractivity contribution in [3.8, 4) is 0 Å². The lowest BCUT2D eigenvalue weighted by molar-refractivity contribution is -0.113. The second kappa shape index (κ2) is 4.80. The number of Topliss-reactive ketones (excluding diaryl/α,β-unsaturated/α-hetero) is 1. The maximum atomic E-state index is 12.3. The molecule has 0 fully saturated rings. The zero-order valence-corrected chi connectivity index (χ0v) is 11.6. The van der Waals surface area contributed by atoms with Crippen molar-refractivity contribution in [2.75, 3.05) is 6.54 Å². The van der Waals surface area contributed by atoms with Gasteiger partial charge >= 0.3 is 0 Å². The van der Waals surface area contributed by atoms with E-state index in [9.17, 15) is 9.00 Å². The maximum Gasteiger partial charge on any atom is 0.157 e. The summed E-state index contributed by atoms with van der Waals surface area (Å²) in [7, 11) is -1.05. The number of rotatable bonds is 3. The van der Waals surface area contributed by atoms with Crippen molar-refractivity contribution in [3.63, 3.8) is 0 Å². The van der Waals surface area contributed by atoms with Crippen LogP contribution in [0.1, 0.15) is 41.0 Å². The van der Waals surface area contributed by atoms with Gasteiger partial charge in [0.25, 0.3) is 0 Å². The lowest BCUT2D eigenvalue weighted by Gasteiger charge is -2.30. The van der Waals surface area contributed by atoms with E-state index in [4.69, 9.17) is 0 Å². The summed E-state index contributed by atoms with van der Waals surface area (Å²) in [6.07, 6.45) is 2.74. The highest BCUT2D eigenvalue weighted by atomic mass is 32.2. The van der Waals surface area contributed by atoms with Gasteiger partial charge < -0.3 is 0 Å². The summed E-state index contributed by atoms with van der Waals surface area (Å²) in [6, 6.07) is 0.0255. The van der Waals surface area contributed by atoms with E-state index < -0.39 is 11.0 Å². The lowest BCUT2D eigenvalue weighted by atomic mass is 10.0. The van der Waals surface area contributed by atoms with Crippen LogP contribution in [-0.4, -0.2) is 31.6 Å². The van der Waals surface area contributed by atoms with Crippen LogP contribution in [0.3, 0.4) is 0 Å². The summed E-state index contributed by atoms with van der Waals surface area (Å²) < 4.78 is 14.0. The Kier molecular flexibility index (Phi) is 4.07. The van der Waals surface area contributed by atoms with E-state index in [0.717, 1.165) is 12.0 Å². The third-order valence-electron chi connectivity index (χ3n) is 2.73. The Balaban J connectivity index is 2.89. The summed E-state index contributed by atoms with van der Waals surface area (Å²) in [4.78, 5) is 11.4. The summed E-state index contributed by atoms with van der Waals surface area (Å²) in [5.74, 6) is 0.0975. The number of hydrogen-bond acceptors (Lipinski definition) is 2. The van der Waals surface area contributed by atoms with E-state index in [2.05, 4.69) is 0 Å². The van der Waals surface area contributed by atoms with Crippen molar-refractivity contribution in [1.29, 1.82) is 0 Å². The molecule has 2 atom stereocenters. The fourth-order valence-electron chi connectivity index (χ4n) is 1.94. The standard InChI is InChI=1S/C12H21NO2S/c1-6-11-10(9(2)14)7-8-13(11)16(15)12(3,4)5/h7,11H,6,8H2,1-5H3/t11-,16-/m1/s1. The first kappa shape index (κ1) is 13.6. The molecular formula is C12H21NO2S. The van der Waals surface area contributed by atoms with Crippen molar-refractivity contribution in [1.82, 2.24) is 4.31 Å². The molecule has 0 saturated carbocycles. The molecular weight excluding hydrogens is 222 g/mol. The Bertz CT molecular complexity index is 341. The van der Waals surface area contributed by atoms with Crippen molar-refractivity contribution >= 4 is 16.8 Å². The molecule has 1 aliphatic heterocycles. The van der Waals surface area contributed by atoms with E-state index in [-0.39, 0.29) is 16.6 Å². The zero-order valence-electron chi connectivity index (χ0n) is 10.7.